The van der Waals surface area contributed by atoms with E-state index in [1.165, 1.54) is 12.1 Å². The second-order valence-electron chi connectivity index (χ2n) is 6.81. The van der Waals surface area contributed by atoms with Gasteiger partial charge in [-0.2, -0.15) is 8.78 Å². The van der Waals surface area contributed by atoms with Gasteiger partial charge in [0.2, 0.25) is 0 Å². The first-order valence-corrected chi connectivity index (χ1v) is 8.88. The van der Waals surface area contributed by atoms with Crippen molar-refractivity contribution in [1.29, 1.82) is 0 Å². The summed E-state index contributed by atoms with van der Waals surface area (Å²) in [6, 6.07) is 13.6. The van der Waals surface area contributed by atoms with Gasteiger partial charge in [-0.05, 0) is 67.0 Å². The molecule has 0 saturated heterocycles. The molecule has 0 aromatic heterocycles. The van der Waals surface area contributed by atoms with Gasteiger partial charge in [0.25, 0.3) is 0 Å². The van der Waals surface area contributed by atoms with E-state index < -0.39 is 6.61 Å². The molecule has 26 heavy (non-hydrogen) atoms. The number of esters is 1. The molecule has 5 heteroatoms. The van der Waals surface area contributed by atoms with Gasteiger partial charge in [0.15, 0.2) is 0 Å². The molecule has 0 spiro atoms. The highest BCUT2D eigenvalue weighted by molar-refractivity contribution is 5.75. The van der Waals surface area contributed by atoms with Crippen molar-refractivity contribution in [2.45, 2.75) is 39.2 Å². The Morgan fingerprint density at radius 1 is 0.885 bits per heavy atom. The largest absolute Gasteiger partial charge is 0.435 e. The van der Waals surface area contributed by atoms with Crippen LogP contribution in [0.2, 0.25) is 0 Å². The average Bonchev–Trinajstić information content (AvgIpc) is 2.63. The fraction of sp³-hybridized carbons (Fsp3) is 0.381. The van der Waals surface area contributed by atoms with Crippen LogP contribution in [0.3, 0.4) is 0 Å². The van der Waals surface area contributed by atoms with Gasteiger partial charge in [0.05, 0.1) is 5.92 Å². The van der Waals surface area contributed by atoms with Crippen molar-refractivity contribution in [3.63, 3.8) is 0 Å². The minimum Gasteiger partial charge on any atom is -0.435 e. The normalized spacial score (nSPS) is 20.0. The van der Waals surface area contributed by atoms with Gasteiger partial charge in [0, 0.05) is 0 Å². The summed E-state index contributed by atoms with van der Waals surface area (Å²) < 4.78 is 34.2. The number of hydrogen-bond donors (Lipinski definition) is 0. The second kappa shape index (κ2) is 8.30. The Bertz CT molecular complexity index is 718. The molecular formula is C21H22F2O3. The van der Waals surface area contributed by atoms with Crippen LogP contribution in [0.5, 0.6) is 11.5 Å². The Kier molecular flexibility index (Phi) is 5.86. The van der Waals surface area contributed by atoms with Gasteiger partial charge in [0.1, 0.15) is 11.5 Å². The molecule has 2 aromatic carbocycles. The van der Waals surface area contributed by atoms with E-state index in [0.29, 0.717) is 11.7 Å². The molecule has 1 aliphatic rings. The van der Waals surface area contributed by atoms with Crippen LogP contribution in [0.4, 0.5) is 8.78 Å². The van der Waals surface area contributed by atoms with Crippen LogP contribution in [0, 0.1) is 11.8 Å². The SMILES string of the molecule is C[C@H]1CC[C@H](C(=O)Oc2ccc(-c3ccc(OC(F)F)cc3)cc2)CC1. The molecule has 1 aliphatic carbocycles. The summed E-state index contributed by atoms with van der Waals surface area (Å²) in [5, 5.41) is 0. The van der Waals surface area contributed by atoms with Gasteiger partial charge < -0.3 is 9.47 Å². The van der Waals surface area contributed by atoms with E-state index >= 15 is 0 Å². The Labute approximate surface area is 151 Å². The lowest BCUT2D eigenvalue weighted by Gasteiger charge is -2.24. The maximum atomic E-state index is 12.3. The van der Waals surface area contributed by atoms with E-state index in [0.717, 1.165) is 36.8 Å². The Morgan fingerprint density at radius 2 is 1.38 bits per heavy atom. The van der Waals surface area contributed by atoms with Crippen molar-refractivity contribution in [2.75, 3.05) is 0 Å². The summed E-state index contributed by atoms with van der Waals surface area (Å²) in [6.45, 7) is -0.617. The van der Waals surface area contributed by atoms with E-state index in [4.69, 9.17) is 4.74 Å². The summed E-state index contributed by atoms with van der Waals surface area (Å²) in [5.74, 6) is 1.17. The van der Waals surface area contributed by atoms with Crippen molar-refractivity contribution < 1.29 is 23.0 Å². The van der Waals surface area contributed by atoms with Crippen molar-refractivity contribution >= 4 is 5.97 Å². The topological polar surface area (TPSA) is 35.5 Å². The predicted octanol–water partition coefficient (Wildman–Crippen LogP) is 5.69. The van der Waals surface area contributed by atoms with Crippen molar-refractivity contribution in [2.24, 2.45) is 11.8 Å². The lowest BCUT2D eigenvalue weighted by Crippen LogP contribution is -2.24. The standard InChI is InChI=1S/C21H22F2O3/c1-14-2-4-17(5-3-14)20(24)25-18-10-6-15(7-11-18)16-8-12-19(13-9-16)26-21(22)23/h6-14,17,21H,2-5H2,1H3/t14-,17-. The lowest BCUT2D eigenvalue weighted by atomic mass is 9.83. The number of rotatable bonds is 5. The fourth-order valence-electron chi connectivity index (χ4n) is 3.24. The molecule has 3 rings (SSSR count). The van der Waals surface area contributed by atoms with Crippen molar-refractivity contribution in [3.8, 4) is 22.6 Å². The first-order chi connectivity index (χ1) is 12.5. The Morgan fingerprint density at radius 3 is 1.88 bits per heavy atom. The monoisotopic (exact) mass is 360 g/mol. The molecule has 0 aliphatic heterocycles. The van der Waals surface area contributed by atoms with Crippen LogP contribution in [0.25, 0.3) is 11.1 Å². The van der Waals surface area contributed by atoms with Crippen LogP contribution in [-0.2, 0) is 4.79 Å². The molecule has 1 fully saturated rings. The van der Waals surface area contributed by atoms with Crippen LogP contribution in [0.15, 0.2) is 48.5 Å². The molecule has 138 valence electrons. The van der Waals surface area contributed by atoms with Crippen LogP contribution < -0.4 is 9.47 Å². The molecule has 0 N–H and O–H groups in total. The van der Waals surface area contributed by atoms with Crippen LogP contribution in [-0.4, -0.2) is 12.6 Å². The molecule has 0 bridgehead atoms. The smallest absolute Gasteiger partial charge is 0.387 e. The number of halogens is 2. The van der Waals surface area contributed by atoms with Crippen molar-refractivity contribution in [3.05, 3.63) is 48.5 Å². The zero-order valence-electron chi connectivity index (χ0n) is 14.7. The second-order valence-corrected chi connectivity index (χ2v) is 6.81. The van der Waals surface area contributed by atoms with Gasteiger partial charge in [-0.1, -0.05) is 31.2 Å². The van der Waals surface area contributed by atoms with E-state index in [1.54, 1.807) is 24.3 Å². The zero-order chi connectivity index (χ0) is 18.5. The Hall–Kier alpha value is -2.43. The highest BCUT2D eigenvalue weighted by Crippen LogP contribution is 2.30. The minimum atomic E-state index is -2.83. The summed E-state index contributed by atoms with van der Waals surface area (Å²) in [7, 11) is 0. The predicted molar refractivity (Wildman–Crippen MR) is 95.3 cm³/mol. The third-order valence-corrected chi connectivity index (χ3v) is 4.83. The first-order valence-electron chi connectivity index (χ1n) is 8.88. The highest BCUT2D eigenvalue weighted by atomic mass is 19.3. The molecule has 3 nitrogen and oxygen atoms in total. The molecule has 1 saturated carbocycles. The maximum absolute atomic E-state index is 12.3. The summed E-state index contributed by atoms with van der Waals surface area (Å²) in [4.78, 5) is 12.3. The van der Waals surface area contributed by atoms with Gasteiger partial charge >= 0.3 is 12.6 Å². The number of hydrogen-bond acceptors (Lipinski definition) is 3. The van der Waals surface area contributed by atoms with Gasteiger partial charge in [-0.3, -0.25) is 4.79 Å². The molecule has 0 heterocycles. The number of ether oxygens (including phenoxy) is 2. The van der Waals surface area contributed by atoms with E-state index in [1.807, 2.05) is 12.1 Å². The van der Waals surface area contributed by atoms with E-state index in [9.17, 15) is 13.6 Å². The minimum absolute atomic E-state index is 0.00624. The van der Waals surface area contributed by atoms with Crippen molar-refractivity contribution in [1.82, 2.24) is 0 Å². The number of alkyl halides is 2. The highest BCUT2D eigenvalue weighted by Gasteiger charge is 2.25. The zero-order valence-corrected chi connectivity index (χ0v) is 14.7. The molecule has 0 amide bonds. The lowest BCUT2D eigenvalue weighted by molar-refractivity contribution is -0.140. The Balaban J connectivity index is 1.60. The number of benzene rings is 2. The number of carbonyl (C=O) groups is 1. The molecule has 2 aromatic rings. The van der Waals surface area contributed by atoms with Crippen LogP contribution >= 0.6 is 0 Å². The quantitative estimate of drug-likeness (QED) is 0.508. The first kappa shape index (κ1) is 18.4. The van der Waals surface area contributed by atoms with Crippen LogP contribution in [0.1, 0.15) is 32.6 Å². The third-order valence-electron chi connectivity index (χ3n) is 4.83. The number of carbonyl (C=O) groups excluding carboxylic acids is 1. The average molecular weight is 360 g/mol. The van der Waals surface area contributed by atoms with Gasteiger partial charge in [-0.15, -0.1) is 0 Å². The summed E-state index contributed by atoms with van der Waals surface area (Å²) in [6.07, 6.45) is 3.93. The fourth-order valence-corrected chi connectivity index (χ4v) is 3.24. The van der Waals surface area contributed by atoms with E-state index in [-0.39, 0.29) is 17.6 Å². The third kappa shape index (κ3) is 4.81. The summed E-state index contributed by atoms with van der Waals surface area (Å²) in [5.41, 5.74) is 1.77. The maximum Gasteiger partial charge on any atom is 0.387 e. The molecule has 0 atom stereocenters. The molecule has 0 unspecified atom stereocenters. The summed E-state index contributed by atoms with van der Waals surface area (Å²) >= 11 is 0. The van der Waals surface area contributed by atoms with E-state index in [2.05, 4.69) is 11.7 Å². The van der Waals surface area contributed by atoms with Gasteiger partial charge in [-0.25, -0.2) is 0 Å². The molecule has 0 radical (unpaired) electrons. The molecular weight excluding hydrogens is 338 g/mol.